The maximum Gasteiger partial charge on any atom is 0.187 e. The highest BCUT2D eigenvalue weighted by atomic mass is 19.1. The number of benzene rings is 2. The average molecular weight is 255 g/mol. The first-order valence-corrected chi connectivity index (χ1v) is 5.95. The summed E-state index contributed by atoms with van der Waals surface area (Å²) < 4.78 is 12.7. The Labute approximate surface area is 111 Å². The van der Waals surface area contributed by atoms with Crippen LogP contribution in [0.1, 0.15) is 15.9 Å². The van der Waals surface area contributed by atoms with Crippen molar-refractivity contribution in [1.82, 2.24) is 0 Å². The normalized spacial score (nSPS) is 10.6. The van der Waals surface area contributed by atoms with Crippen LogP contribution in [0.2, 0.25) is 0 Å². The zero-order valence-corrected chi connectivity index (χ0v) is 10.6. The lowest BCUT2D eigenvalue weighted by molar-refractivity contribution is 0.104. The maximum absolute atomic E-state index is 12.7. The predicted molar refractivity (Wildman–Crippen MR) is 74.7 cm³/mol. The highest BCUT2D eigenvalue weighted by molar-refractivity contribution is 6.04. The van der Waals surface area contributed by atoms with Crippen molar-refractivity contribution >= 4 is 11.5 Å². The number of rotatable bonds is 4. The molecule has 0 saturated heterocycles. The molecule has 0 amide bonds. The number of ketones is 1. The zero-order valence-electron chi connectivity index (χ0n) is 10.6. The second-order valence-electron chi connectivity index (χ2n) is 4.21. The summed E-state index contributed by atoms with van der Waals surface area (Å²) in [6.07, 6.45) is 3.00. The number of carbonyl (C=O) groups excluding carboxylic acids is 1. The van der Waals surface area contributed by atoms with Gasteiger partial charge in [0.05, 0.1) is 0 Å². The summed E-state index contributed by atoms with van der Waals surface area (Å²) in [5.41, 5.74) is 2.49. The molecule has 2 aromatic carbocycles. The topological polar surface area (TPSA) is 29.1 Å². The Hall–Kier alpha value is -2.42. The fourth-order valence-electron chi connectivity index (χ4n) is 1.57. The summed E-state index contributed by atoms with van der Waals surface area (Å²) >= 11 is 0. The van der Waals surface area contributed by atoms with E-state index in [-0.39, 0.29) is 11.6 Å². The lowest BCUT2D eigenvalue weighted by Crippen LogP contribution is -1.96. The summed E-state index contributed by atoms with van der Waals surface area (Å²) in [5.74, 6) is -0.361. The third-order valence-electron chi connectivity index (χ3n) is 2.67. The van der Waals surface area contributed by atoms with E-state index in [9.17, 15) is 9.18 Å². The van der Waals surface area contributed by atoms with E-state index in [1.54, 1.807) is 30.5 Å². The monoisotopic (exact) mass is 255 g/mol. The molecule has 1 N–H and O–H groups in total. The Morgan fingerprint density at radius 1 is 1.05 bits per heavy atom. The van der Waals surface area contributed by atoms with Gasteiger partial charge in [0.2, 0.25) is 0 Å². The van der Waals surface area contributed by atoms with Crippen LogP contribution in [0, 0.1) is 12.7 Å². The number of aryl methyl sites for hydroxylation is 1. The van der Waals surface area contributed by atoms with Gasteiger partial charge in [-0.2, -0.15) is 0 Å². The first-order chi connectivity index (χ1) is 9.15. The minimum absolute atomic E-state index is 0.0744. The van der Waals surface area contributed by atoms with Crippen LogP contribution in [-0.4, -0.2) is 5.78 Å². The number of halogens is 1. The summed E-state index contributed by atoms with van der Waals surface area (Å²) in [6.45, 7) is 1.97. The van der Waals surface area contributed by atoms with Crippen LogP contribution in [0.4, 0.5) is 10.1 Å². The third kappa shape index (κ3) is 3.78. The van der Waals surface area contributed by atoms with Gasteiger partial charge >= 0.3 is 0 Å². The molecular formula is C16H14FNO. The van der Waals surface area contributed by atoms with Crippen molar-refractivity contribution < 1.29 is 9.18 Å². The van der Waals surface area contributed by atoms with Gasteiger partial charge in [-0.25, -0.2) is 4.39 Å². The van der Waals surface area contributed by atoms with Crippen molar-refractivity contribution in [3.63, 3.8) is 0 Å². The number of anilines is 1. The molecule has 0 aromatic heterocycles. The van der Waals surface area contributed by atoms with E-state index in [1.807, 2.05) is 19.1 Å². The molecule has 96 valence electrons. The van der Waals surface area contributed by atoms with Gasteiger partial charge in [0.25, 0.3) is 0 Å². The Bertz CT molecular complexity index is 585. The van der Waals surface area contributed by atoms with Crippen LogP contribution in [0.3, 0.4) is 0 Å². The van der Waals surface area contributed by atoms with Crippen molar-refractivity contribution in [2.45, 2.75) is 6.92 Å². The van der Waals surface area contributed by atoms with Crippen molar-refractivity contribution in [2.75, 3.05) is 5.32 Å². The summed E-state index contributed by atoms with van der Waals surface area (Å²) in [5, 5.41) is 2.92. The molecule has 2 nitrogen and oxygen atoms in total. The molecule has 3 heteroatoms. The fourth-order valence-corrected chi connectivity index (χ4v) is 1.57. The Kier molecular flexibility index (Phi) is 4.08. The molecule has 2 rings (SSSR count). The molecule has 0 spiro atoms. The molecule has 0 aliphatic heterocycles. The van der Waals surface area contributed by atoms with Gasteiger partial charge in [-0.15, -0.1) is 0 Å². The van der Waals surface area contributed by atoms with E-state index in [0.717, 1.165) is 11.3 Å². The van der Waals surface area contributed by atoms with Gasteiger partial charge in [0.15, 0.2) is 5.78 Å². The number of hydrogen-bond donors (Lipinski definition) is 1. The number of hydrogen-bond acceptors (Lipinski definition) is 2. The van der Waals surface area contributed by atoms with Crippen LogP contribution in [-0.2, 0) is 0 Å². The number of carbonyl (C=O) groups is 1. The quantitative estimate of drug-likeness (QED) is 0.662. The fraction of sp³-hybridized carbons (Fsp3) is 0.0625. The van der Waals surface area contributed by atoms with Crippen molar-refractivity contribution in [2.24, 2.45) is 0 Å². The van der Waals surface area contributed by atoms with Gasteiger partial charge in [0.1, 0.15) is 5.82 Å². The molecule has 0 aliphatic rings. The van der Waals surface area contributed by atoms with E-state index in [0.29, 0.717) is 5.56 Å². The van der Waals surface area contributed by atoms with Gasteiger partial charge in [-0.05, 0) is 31.2 Å². The van der Waals surface area contributed by atoms with Crippen LogP contribution in [0.25, 0.3) is 0 Å². The molecule has 0 heterocycles. The van der Waals surface area contributed by atoms with Crippen molar-refractivity contribution in [3.8, 4) is 0 Å². The summed E-state index contributed by atoms with van der Waals surface area (Å²) in [7, 11) is 0. The molecule has 0 saturated carbocycles. The molecule has 2 aromatic rings. The third-order valence-corrected chi connectivity index (χ3v) is 2.67. The zero-order chi connectivity index (χ0) is 13.7. The SMILES string of the molecule is Cc1ccc(C(=O)C=CNc2ccc(F)cc2)cc1. The van der Waals surface area contributed by atoms with E-state index in [2.05, 4.69) is 5.32 Å². The summed E-state index contributed by atoms with van der Waals surface area (Å²) in [4.78, 5) is 11.8. The molecule has 0 bridgehead atoms. The van der Waals surface area contributed by atoms with Crippen molar-refractivity contribution in [3.05, 3.63) is 77.8 Å². The minimum atomic E-state index is -0.287. The van der Waals surface area contributed by atoms with E-state index < -0.39 is 0 Å². The first-order valence-electron chi connectivity index (χ1n) is 5.95. The molecule has 0 unspecified atom stereocenters. The maximum atomic E-state index is 12.7. The molecule has 0 atom stereocenters. The Balaban J connectivity index is 1.97. The second kappa shape index (κ2) is 5.96. The van der Waals surface area contributed by atoms with E-state index in [1.165, 1.54) is 18.2 Å². The van der Waals surface area contributed by atoms with Gasteiger partial charge in [-0.1, -0.05) is 29.8 Å². The van der Waals surface area contributed by atoms with Crippen molar-refractivity contribution in [1.29, 1.82) is 0 Å². The van der Waals surface area contributed by atoms with Crippen LogP contribution < -0.4 is 5.32 Å². The lowest BCUT2D eigenvalue weighted by Gasteiger charge is -2.00. The highest BCUT2D eigenvalue weighted by Gasteiger charge is 2.00. The van der Waals surface area contributed by atoms with Crippen LogP contribution >= 0.6 is 0 Å². The number of allylic oxidation sites excluding steroid dienone is 1. The second-order valence-corrected chi connectivity index (χ2v) is 4.21. The minimum Gasteiger partial charge on any atom is -0.362 e. The molecule has 0 aliphatic carbocycles. The highest BCUT2D eigenvalue weighted by Crippen LogP contribution is 2.08. The van der Waals surface area contributed by atoms with Gasteiger partial charge in [-0.3, -0.25) is 4.79 Å². The van der Waals surface area contributed by atoms with E-state index >= 15 is 0 Å². The van der Waals surface area contributed by atoms with Gasteiger partial charge in [0, 0.05) is 23.5 Å². The van der Waals surface area contributed by atoms with E-state index in [4.69, 9.17) is 0 Å². The molecule has 0 fully saturated rings. The lowest BCUT2D eigenvalue weighted by atomic mass is 10.1. The average Bonchev–Trinajstić information content (AvgIpc) is 2.41. The Morgan fingerprint density at radius 3 is 2.32 bits per heavy atom. The molecular weight excluding hydrogens is 241 g/mol. The Morgan fingerprint density at radius 2 is 1.68 bits per heavy atom. The smallest absolute Gasteiger partial charge is 0.187 e. The largest absolute Gasteiger partial charge is 0.362 e. The van der Waals surface area contributed by atoms with Crippen LogP contribution in [0.15, 0.2) is 60.8 Å². The summed E-state index contributed by atoms with van der Waals surface area (Å²) in [6, 6.07) is 13.3. The van der Waals surface area contributed by atoms with Crippen LogP contribution in [0.5, 0.6) is 0 Å². The molecule has 19 heavy (non-hydrogen) atoms. The standard InChI is InChI=1S/C16H14FNO/c1-12-2-4-13(5-3-12)16(19)10-11-18-15-8-6-14(17)7-9-15/h2-11,18H,1H3. The van der Waals surface area contributed by atoms with Gasteiger partial charge < -0.3 is 5.32 Å². The first kappa shape index (κ1) is 13.0. The predicted octanol–water partition coefficient (Wildman–Crippen LogP) is 3.94. The number of nitrogens with one attached hydrogen (secondary N) is 1. The molecule has 0 radical (unpaired) electrons.